The molecule has 0 radical (unpaired) electrons. The van der Waals surface area contributed by atoms with Gasteiger partial charge in [0.15, 0.2) is 5.78 Å². The topological polar surface area (TPSA) is 119 Å². The molecule has 1 atom stereocenters. The quantitative estimate of drug-likeness (QED) is 0.645. The first-order valence-corrected chi connectivity index (χ1v) is 11.7. The molecule has 0 aliphatic heterocycles. The number of ketones is 1. The van der Waals surface area contributed by atoms with Crippen LogP contribution >= 0.6 is 0 Å². The number of amides is 2. The van der Waals surface area contributed by atoms with Gasteiger partial charge in [-0.1, -0.05) is 55.5 Å². The number of ether oxygens (including phenoxy) is 1. The predicted octanol–water partition coefficient (Wildman–Crippen LogP) is 2.34. The van der Waals surface area contributed by atoms with Crippen LogP contribution in [0.3, 0.4) is 0 Å². The lowest BCUT2D eigenvalue weighted by Gasteiger charge is -2.18. The van der Waals surface area contributed by atoms with Gasteiger partial charge in [-0.3, -0.25) is 14.3 Å². The Morgan fingerprint density at radius 2 is 1.55 bits per heavy atom. The third-order valence-corrected chi connectivity index (χ3v) is 5.66. The van der Waals surface area contributed by atoms with E-state index < -0.39 is 40.3 Å². The maximum atomic E-state index is 12.4. The van der Waals surface area contributed by atoms with E-state index in [1.807, 2.05) is 48.5 Å². The molecule has 0 bridgehead atoms. The predicted molar refractivity (Wildman–Crippen MR) is 115 cm³/mol. The number of carbonyl (C=O) groups is 3. The lowest BCUT2D eigenvalue weighted by atomic mass is 9.98. The summed E-state index contributed by atoms with van der Waals surface area (Å²) in [6.07, 6.45) is -0.439. The SMILES string of the molecule is CCC(=O)[C@H](CC(=O)NS(C)(=O)=O)NC(=O)OCC1c2ccccc2-c2ccccc21. The number of fused-ring (bicyclic) bond motifs is 3. The highest BCUT2D eigenvalue weighted by Gasteiger charge is 2.30. The van der Waals surface area contributed by atoms with Crippen molar-refractivity contribution in [3.8, 4) is 11.1 Å². The minimum absolute atomic E-state index is 0.0580. The molecule has 0 saturated carbocycles. The number of rotatable bonds is 8. The van der Waals surface area contributed by atoms with Gasteiger partial charge in [-0.05, 0) is 22.3 Å². The number of Topliss-reactive ketones (excluding diaryl/α,β-unsaturated/α-hetero) is 1. The molecule has 2 N–H and O–H groups in total. The molecule has 0 fully saturated rings. The van der Waals surface area contributed by atoms with Crippen molar-refractivity contribution >= 4 is 27.8 Å². The molecule has 9 heteroatoms. The molecule has 31 heavy (non-hydrogen) atoms. The number of alkyl carbamates (subject to hydrolysis) is 1. The molecule has 1 aliphatic carbocycles. The molecule has 0 saturated heterocycles. The first kappa shape index (κ1) is 22.5. The van der Waals surface area contributed by atoms with Crippen LogP contribution in [0.1, 0.15) is 36.8 Å². The first-order valence-electron chi connectivity index (χ1n) is 9.84. The van der Waals surface area contributed by atoms with E-state index in [-0.39, 0.29) is 18.9 Å². The Morgan fingerprint density at radius 3 is 2.06 bits per heavy atom. The van der Waals surface area contributed by atoms with Crippen LogP contribution in [0.4, 0.5) is 4.79 Å². The van der Waals surface area contributed by atoms with E-state index in [9.17, 15) is 22.8 Å². The number of benzene rings is 2. The Kier molecular flexibility index (Phi) is 6.74. The molecule has 1 aliphatic rings. The van der Waals surface area contributed by atoms with Crippen LogP contribution < -0.4 is 10.0 Å². The van der Waals surface area contributed by atoms with Crippen LogP contribution in [0.5, 0.6) is 0 Å². The van der Waals surface area contributed by atoms with E-state index in [1.54, 1.807) is 11.6 Å². The van der Waals surface area contributed by atoms with Crippen molar-refractivity contribution in [2.24, 2.45) is 0 Å². The summed E-state index contributed by atoms with van der Waals surface area (Å²) in [5.74, 6) is -1.43. The number of hydrogen-bond acceptors (Lipinski definition) is 6. The molecule has 3 rings (SSSR count). The van der Waals surface area contributed by atoms with Crippen LogP contribution in [-0.4, -0.2) is 45.1 Å². The van der Waals surface area contributed by atoms with Gasteiger partial charge in [0.2, 0.25) is 15.9 Å². The smallest absolute Gasteiger partial charge is 0.407 e. The summed E-state index contributed by atoms with van der Waals surface area (Å²) in [7, 11) is -3.76. The van der Waals surface area contributed by atoms with Crippen molar-refractivity contribution in [3.05, 3.63) is 59.7 Å². The Balaban J connectivity index is 1.67. The normalized spacial score (nSPS) is 13.6. The molecule has 0 spiro atoms. The van der Waals surface area contributed by atoms with Crippen molar-refractivity contribution < 1.29 is 27.5 Å². The van der Waals surface area contributed by atoms with E-state index in [1.165, 1.54) is 0 Å². The van der Waals surface area contributed by atoms with Crippen LogP contribution in [0.25, 0.3) is 11.1 Å². The Labute approximate surface area is 181 Å². The third kappa shape index (κ3) is 5.49. The fourth-order valence-corrected chi connectivity index (χ4v) is 4.20. The van der Waals surface area contributed by atoms with Gasteiger partial charge in [0.1, 0.15) is 6.61 Å². The van der Waals surface area contributed by atoms with Crippen molar-refractivity contribution in [2.45, 2.75) is 31.7 Å². The monoisotopic (exact) mass is 444 g/mol. The average molecular weight is 445 g/mol. The summed E-state index contributed by atoms with van der Waals surface area (Å²) in [5, 5.41) is 2.39. The minimum atomic E-state index is -3.76. The lowest BCUT2D eigenvalue weighted by Crippen LogP contribution is -2.45. The Hall–Kier alpha value is -3.20. The first-order chi connectivity index (χ1) is 14.7. The molecular weight excluding hydrogens is 420 g/mol. The lowest BCUT2D eigenvalue weighted by molar-refractivity contribution is -0.126. The van der Waals surface area contributed by atoms with Gasteiger partial charge in [0.05, 0.1) is 18.7 Å². The van der Waals surface area contributed by atoms with Crippen molar-refractivity contribution in [3.63, 3.8) is 0 Å². The van der Waals surface area contributed by atoms with Crippen LogP contribution in [-0.2, 0) is 24.3 Å². The highest BCUT2D eigenvalue weighted by atomic mass is 32.2. The third-order valence-electron chi connectivity index (χ3n) is 5.06. The van der Waals surface area contributed by atoms with Crippen LogP contribution in [0.2, 0.25) is 0 Å². The van der Waals surface area contributed by atoms with Crippen molar-refractivity contribution in [2.75, 3.05) is 12.9 Å². The molecule has 0 aromatic heterocycles. The van der Waals surface area contributed by atoms with Gasteiger partial charge in [-0.15, -0.1) is 0 Å². The zero-order valence-electron chi connectivity index (χ0n) is 17.3. The van der Waals surface area contributed by atoms with Gasteiger partial charge in [0, 0.05) is 12.3 Å². The second-order valence-corrected chi connectivity index (χ2v) is 9.09. The zero-order valence-corrected chi connectivity index (χ0v) is 18.1. The van der Waals surface area contributed by atoms with Gasteiger partial charge in [-0.2, -0.15) is 0 Å². The molecule has 164 valence electrons. The molecule has 2 amide bonds. The zero-order chi connectivity index (χ0) is 22.6. The van der Waals surface area contributed by atoms with E-state index >= 15 is 0 Å². The summed E-state index contributed by atoms with van der Waals surface area (Å²) in [6.45, 7) is 1.64. The Morgan fingerprint density at radius 1 is 1.00 bits per heavy atom. The molecule has 0 heterocycles. The van der Waals surface area contributed by atoms with Gasteiger partial charge >= 0.3 is 6.09 Å². The minimum Gasteiger partial charge on any atom is -0.449 e. The van der Waals surface area contributed by atoms with Gasteiger partial charge in [-0.25, -0.2) is 13.2 Å². The van der Waals surface area contributed by atoms with E-state index in [0.717, 1.165) is 28.5 Å². The second kappa shape index (κ2) is 9.30. The summed E-state index contributed by atoms with van der Waals surface area (Å²) in [6, 6.07) is 14.6. The van der Waals surface area contributed by atoms with Gasteiger partial charge in [0.25, 0.3) is 0 Å². The maximum absolute atomic E-state index is 12.4. The Bertz CT molecular complexity index is 1070. The van der Waals surface area contributed by atoms with Crippen LogP contribution in [0.15, 0.2) is 48.5 Å². The van der Waals surface area contributed by atoms with Crippen molar-refractivity contribution in [1.29, 1.82) is 0 Å². The average Bonchev–Trinajstić information content (AvgIpc) is 3.03. The largest absolute Gasteiger partial charge is 0.449 e. The highest BCUT2D eigenvalue weighted by Crippen LogP contribution is 2.44. The number of sulfonamides is 1. The number of carbonyl (C=O) groups excluding carboxylic acids is 3. The summed E-state index contributed by atoms with van der Waals surface area (Å²) in [4.78, 5) is 36.4. The van der Waals surface area contributed by atoms with Crippen LogP contribution in [0, 0.1) is 0 Å². The molecule has 2 aromatic carbocycles. The highest BCUT2D eigenvalue weighted by molar-refractivity contribution is 7.89. The summed E-state index contributed by atoms with van der Waals surface area (Å²) >= 11 is 0. The van der Waals surface area contributed by atoms with Gasteiger partial charge < -0.3 is 10.1 Å². The number of hydrogen-bond donors (Lipinski definition) is 2. The maximum Gasteiger partial charge on any atom is 0.407 e. The number of nitrogens with one attached hydrogen (secondary N) is 2. The fourth-order valence-electron chi connectivity index (χ4n) is 3.71. The van der Waals surface area contributed by atoms with E-state index in [2.05, 4.69) is 5.32 Å². The molecule has 0 unspecified atom stereocenters. The standard InChI is InChI=1S/C22H24N2O6S/c1-3-20(25)19(12-21(26)24-31(2,28)29)23-22(27)30-13-18-16-10-6-4-8-14(16)15-9-5-7-11-17(15)18/h4-11,18-19H,3,12-13H2,1-2H3,(H,23,27)(H,24,26)/t19-/m0/s1. The fraction of sp³-hybridized carbons (Fsp3) is 0.318. The molecular formula is C22H24N2O6S. The summed E-state index contributed by atoms with van der Waals surface area (Å²) in [5.41, 5.74) is 4.27. The molecule has 2 aromatic rings. The molecule has 8 nitrogen and oxygen atoms in total. The summed E-state index contributed by atoms with van der Waals surface area (Å²) < 4.78 is 29.6. The van der Waals surface area contributed by atoms with E-state index in [4.69, 9.17) is 4.74 Å². The van der Waals surface area contributed by atoms with Crippen molar-refractivity contribution in [1.82, 2.24) is 10.0 Å². The van der Waals surface area contributed by atoms with E-state index in [0.29, 0.717) is 0 Å². The second-order valence-electron chi connectivity index (χ2n) is 7.34.